The topological polar surface area (TPSA) is 86.8 Å². The summed E-state index contributed by atoms with van der Waals surface area (Å²) in [6.45, 7) is -0.375. The highest BCUT2D eigenvalue weighted by Crippen LogP contribution is 2.23. The minimum absolute atomic E-state index is 0.0450. The molecule has 7 nitrogen and oxygen atoms in total. The van der Waals surface area contributed by atoms with E-state index in [0.717, 1.165) is 53.8 Å². The maximum absolute atomic E-state index is 14.1. The van der Waals surface area contributed by atoms with Gasteiger partial charge in [0.1, 0.15) is 12.6 Å². The Morgan fingerprint density at radius 3 is 2.02 bits per heavy atom. The monoisotopic (exact) mass is 615 g/mol. The molecular weight excluding hydrogens is 581 g/mol. The third kappa shape index (κ3) is 8.96. The summed E-state index contributed by atoms with van der Waals surface area (Å²) in [6.07, 6.45) is 6.36. The van der Waals surface area contributed by atoms with Crippen molar-refractivity contribution in [3.8, 4) is 0 Å². The number of hydrogen-bond acceptors (Lipinski definition) is 4. The zero-order chi connectivity index (χ0) is 29.4. The molecule has 0 unspecified atom stereocenters. The summed E-state index contributed by atoms with van der Waals surface area (Å²) >= 11 is 12.1. The minimum atomic E-state index is -3.84. The average molecular weight is 617 g/mol. The van der Waals surface area contributed by atoms with Crippen molar-refractivity contribution < 1.29 is 18.0 Å². The molecular formula is C31H35Cl2N3O4S. The lowest BCUT2D eigenvalue weighted by Gasteiger charge is -2.35. The first-order chi connectivity index (χ1) is 19.6. The van der Waals surface area contributed by atoms with Crippen LogP contribution < -0.4 is 9.62 Å². The largest absolute Gasteiger partial charge is 0.352 e. The zero-order valence-electron chi connectivity index (χ0n) is 23.0. The molecule has 41 heavy (non-hydrogen) atoms. The number of nitrogens with one attached hydrogen (secondary N) is 1. The van der Waals surface area contributed by atoms with E-state index in [1.54, 1.807) is 48.5 Å². The third-order valence-electron chi connectivity index (χ3n) is 7.28. The third-order valence-corrected chi connectivity index (χ3v) is 8.93. The Morgan fingerprint density at radius 1 is 0.854 bits per heavy atom. The summed E-state index contributed by atoms with van der Waals surface area (Å²) in [5, 5.41) is 4.18. The zero-order valence-corrected chi connectivity index (χ0v) is 25.3. The van der Waals surface area contributed by atoms with E-state index in [0.29, 0.717) is 15.7 Å². The second-order valence-electron chi connectivity index (χ2n) is 10.4. The fourth-order valence-corrected chi connectivity index (χ4v) is 6.21. The van der Waals surface area contributed by atoms with Gasteiger partial charge in [0.05, 0.1) is 11.9 Å². The molecule has 1 aliphatic carbocycles. The molecule has 0 bridgehead atoms. The summed E-state index contributed by atoms with van der Waals surface area (Å²) < 4.78 is 26.8. The first kappa shape index (κ1) is 30.9. The van der Waals surface area contributed by atoms with E-state index in [9.17, 15) is 18.0 Å². The van der Waals surface area contributed by atoms with Gasteiger partial charge in [-0.2, -0.15) is 0 Å². The number of sulfonamides is 1. The molecule has 1 N–H and O–H groups in total. The Kier molecular flexibility index (Phi) is 10.7. The predicted octanol–water partition coefficient (Wildman–Crippen LogP) is 5.85. The van der Waals surface area contributed by atoms with E-state index in [-0.39, 0.29) is 24.9 Å². The SMILES string of the molecule is CS(=O)(=O)N(CC(=O)N(Cc1ccc(Cl)cc1)[C@@H](Cc1ccccc1)C(=O)NC1CCCCC1)c1ccc(Cl)cc1. The number of nitrogens with zero attached hydrogens (tertiary/aromatic N) is 2. The lowest BCUT2D eigenvalue weighted by atomic mass is 9.94. The van der Waals surface area contributed by atoms with Crippen LogP contribution in [0.25, 0.3) is 0 Å². The van der Waals surface area contributed by atoms with Crippen molar-refractivity contribution in [1.82, 2.24) is 10.2 Å². The summed E-state index contributed by atoms with van der Waals surface area (Å²) in [7, 11) is -3.84. The van der Waals surface area contributed by atoms with Crippen LogP contribution in [0.15, 0.2) is 78.9 Å². The standard InChI is InChI=1S/C31H35Cl2N3O4S/c1-41(39,40)36(28-18-16-26(33)17-19-28)22-30(37)35(21-24-12-14-25(32)15-13-24)29(20-23-8-4-2-5-9-23)31(38)34-27-10-6-3-7-11-27/h2,4-5,8-9,12-19,27,29H,3,6-7,10-11,20-22H2,1H3,(H,34,38)/t29-/m0/s1. The van der Waals surface area contributed by atoms with E-state index >= 15 is 0 Å². The number of benzene rings is 3. The van der Waals surface area contributed by atoms with Crippen LogP contribution in [-0.4, -0.2) is 50.0 Å². The number of hydrogen-bond donors (Lipinski definition) is 1. The van der Waals surface area contributed by atoms with Crippen LogP contribution in [0.4, 0.5) is 5.69 Å². The highest BCUT2D eigenvalue weighted by Gasteiger charge is 2.34. The highest BCUT2D eigenvalue weighted by atomic mass is 35.5. The van der Waals surface area contributed by atoms with Gasteiger partial charge in [-0.05, 0) is 60.4 Å². The Bertz CT molecular complexity index is 1410. The lowest BCUT2D eigenvalue weighted by molar-refractivity contribution is -0.140. The number of rotatable bonds is 11. The molecule has 0 aliphatic heterocycles. The van der Waals surface area contributed by atoms with Gasteiger partial charge < -0.3 is 10.2 Å². The quantitative estimate of drug-likeness (QED) is 0.293. The number of halogens is 2. The van der Waals surface area contributed by atoms with E-state index in [2.05, 4.69) is 5.32 Å². The van der Waals surface area contributed by atoms with Crippen molar-refractivity contribution in [2.45, 2.75) is 57.2 Å². The van der Waals surface area contributed by atoms with Gasteiger partial charge in [-0.3, -0.25) is 13.9 Å². The van der Waals surface area contributed by atoms with Gasteiger partial charge in [-0.1, -0.05) is 84.9 Å². The summed E-state index contributed by atoms with van der Waals surface area (Å²) in [5.74, 6) is -0.750. The summed E-state index contributed by atoms with van der Waals surface area (Å²) in [5.41, 5.74) is 1.97. The molecule has 1 aliphatic rings. The molecule has 218 valence electrons. The normalized spacial score (nSPS) is 14.7. The maximum atomic E-state index is 14.1. The molecule has 10 heteroatoms. The fraction of sp³-hybridized carbons (Fsp3) is 0.355. The van der Waals surface area contributed by atoms with Gasteiger partial charge in [0, 0.05) is 29.1 Å². The molecule has 2 amide bonds. The number of carbonyl (C=O) groups excluding carboxylic acids is 2. The van der Waals surface area contributed by atoms with E-state index in [1.165, 1.54) is 4.90 Å². The molecule has 0 spiro atoms. The summed E-state index contributed by atoms with van der Waals surface area (Å²) in [6, 6.07) is 22.0. The first-order valence-corrected chi connectivity index (χ1v) is 16.3. The Balaban J connectivity index is 1.71. The van der Waals surface area contributed by atoms with Crippen LogP contribution in [0.2, 0.25) is 10.0 Å². The Hall–Kier alpha value is -3.07. The van der Waals surface area contributed by atoms with Crippen LogP contribution in [0.1, 0.15) is 43.2 Å². The van der Waals surface area contributed by atoms with Gasteiger partial charge in [-0.15, -0.1) is 0 Å². The second-order valence-corrected chi connectivity index (χ2v) is 13.2. The van der Waals surface area contributed by atoms with Crippen LogP contribution >= 0.6 is 23.2 Å². The predicted molar refractivity (Wildman–Crippen MR) is 165 cm³/mol. The molecule has 0 heterocycles. The molecule has 3 aromatic carbocycles. The molecule has 4 rings (SSSR count). The molecule has 1 atom stereocenters. The maximum Gasteiger partial charge on any atom is 0.244 e. The molecule has 0 aromatic heterocycles. The Labute approximate surface area is 252 Å². The van der Waals surface area contributed by atoms with Crippen molar-refractivity contribution in [2.75, 3.05) is 17.1 Å². The average Bonchev–Trinajstić information content (AvgIpc) is 2.95. The molecule has 0 radical (unpaired) electrons. The van der Waals surface area contributed by atoms with E-state index in [1.807, 2.05) is 30.3 Å². The van der Waals surface area contributed by atoms with Crippen molar-refractivity contribution in [1.29, 1.82) is 0 Å². The van der Waals surface area contributed by atoms with E-state index < -0.39 is 28.5 Å². The highest BCUT2D eigenvalue weighted by molar-refractivity contribution is 7.92. The second kappa shape index (κ2) is 14.2. The van der Waals surface area contributed by atoms with Gasteiger partial charge >= 0.3 is 0 Å². The molecule has 1 fully saturated rings. The molecule has 1 saturated carbocycles. The first-order valence-electron chi connectivity index (χ1n) is 13.7. The summed E-state index contributed by atoms with van der Waals surface area (Å²) in [4.78, 5) is 29.5. The van der Waals surface area contributed by atoms with Gasteiger partial charge in [0.2, 0.25) is 21.8 Å². The van der Waals surface area contributed by atoms with Crippen molar-refractivity contribution in [3.05, 3.63) is 100 Å². The number of carbonyl (C=O) groups is 2. The van der Waals surface area contributed by atoms with Crippen molar-refractivity contribution in [2.24, 2.45) is 0 Å². The van der Waals surface area contributed by atoms with E-state index in [4.69, 9.17) is 23.2 Å². The van der Waals surface area contributed by atoms with Crippen molar-refractivity contribution >= 4 is 50.7 Å². The number of anilines is 1. The van der Waals surface area contributed by atoms with Crippen LogP contribution in [0.5, 0.6) is 0 Å². The van der Waals surface area contributed by atoms with Gasteiger partial charge in [0.15, 0.2) is 0 Å². The van der Waals surface area contributed by atoms with Crippen LogP contribution in [0, 0.1) is 0 Å². The van der Waals surface area contributed by atoms with Crippen LogP contribution in [-0.2, 0) is 32.6 Å². The Morgan fingerprint density at radius 2 is 1.44 bits per heavy atom. The minimum Gasteiger partial charge on any atom is -0.352 e. The molecule has 3 aromatic rings. The smallest absolute Gasteiger partial charge is 0.244 e. The van der Waals surface area contributed by atoms with Gasteiger partial charge in [-0.25, -0.2) is 8.42 Å². The van der Waals surface area contributed by atoms with Crippen molar-refractivity contribution in [3.63, 3.8) is 0 Å². The number of amides is 2. The molecule has 0 saturated heterocycles. The van der Waals surface area contributed by atoms with Gasteiger partial charge in [0.25, 0.3) is 0 Å². The van der Waals surface area contributed by atoms with Crippen LogP contribution in [0.3, 0.4) is 0 Å². The lowest BCUT2D eigenvalue weighted by Crippen LogP contribution is -2.55. The fourth-order valence-electron chi connectivity index (χ4n) is 5.11.